The van der Waals surface area contributed by atoms with Crippen molar-refractivity contribution in [2.75, 3.05) is 25.0 Å². The summed E-state index contributed by atoms with van der Waals surface area (Å²) >= 11 is 0. The van der Waals surface area contributed by atoms with Crippen LogP contribution in [0.4, 0.5) is 5.82 Å². The minimum absolute atomic E-state index is 0.0798. The number of nitrogens with one attached hydrogen (secondary N) is 2. The number of anilines is 1. The van der Waals surface area contributed by atoms with Crippen LogP contribution in [-0.4, -0.2) is 36.7 Å². The molecular weight excluding hydrogens is 266 g/mol. The summed E-state index contributed by atoms with van der Waals surface area (Å²) in [6.45, 7) is 3.92. The van der Waals surface area contributed by atoms with Crippen molar-refractivity contribution in [3.8, 4) is 0 Å². The maximum Gasteiger partial charge on any atom is 0.251 e. The molecule has 116 valence electrons. The fourth-order valence-electron chi connectivity index (χ4n) is 2.57. The number of aromatic nitrogens is 1. The summed E-state index contributed by atoms with van der Waals surface area (Å²) in [7, 11) is 0. The van der Waals surface area contributed by atoms with Gasteiger partial charge >= 0.3 is 0 Å². The Hall–Kier alpha value is -1.62. The van der Waals surface area contributed by atoms with E-state index in [-0.39, 0.29) is 5.91 Å². The monoisotopic (exact) mass is 291 g/mol. The van der Waals surface area contributed by atoms with Gasteiger partial charge in [-0.25, -0.2) is 4.98 Å². The van der Waals surface area contributed by atoms with Gasteiger partial charge in [0.1, 0.15) is 5.82 Å². The minimum Gasteiger partial charge on any atom is -0.376 e. The van der Waals surface area contributed by atoms with Gasteiger partial charge in [-0.1, -0.05) is 19.3 Å². The minimum atomic E-state index is -0.0798. The van der Waals surface area contributed by atoms with E-state index in [0.717, 1.165) is 25.2 Å². The van der Waals surface area contributed by atoms with Crippen LogP contribution in [0.5, 0.6) is 0 Å². The Morgan fingerprint density at radius 2 is 2.19 bits per heavy atom. The molecule has 0 radical (unpaired) electrons. The van der Waals surface area contributed by atoms with Gasteiger partial charge in [0.15, 0.2) is 0 Å². The number of nitrogens with zero attached hydrogens (tertiary/aromatic N) is 1. The molecule has 1 aromatic heterocycles. The highest BCUT2D eigenvalue weighted by molar-refractivity contribution is 5.94. The zero-order valence-corrected chi connectivity index (χ0v) is 12.7. The van der Waals surface area contributed by atoms with Gasteiger partial charge in [0.05, 0.1) is 12.7 Å². The van der Waals surface area contributed by atoms with Crippen molar-refractivity contribution >= 4 is 11.7 Å². The zero-order valence-electron chi connectivity index (χ0n) is 12.7. The van der Waals surface area contributed by atoms with Gasteiger partial charge in [0.25, 0.3) is 5.91 Å². The largest absolute Gasteiger partial charge is 0.376 e. The number of hydrogen-bond acceptors (Lipinski definition) is 4. The molecule has 0 saturated heterocycles. The molecular formula is C16H25N3O2. The Bertz CT molecular complexity index is 445. The van der Waals surface area contributed by atoms with Crippen LogP contribution in [0.3, 0.4) is 0 Å². The summed E-state index contributed by atoms with van der Waals surface area (Å²) in [6, 6.07) is 3.49. The average molecular weight is 291 g/mol. The van der Waals surface area contributed by atoms with Gasteiger partial charge in [-0.05, 0) is 31.9 Å². The van der Waals surface area contributed by atoms with E-state index >= 15 is 0 Å². The Morgan fingerprint density at radius 1 is 1.38 bits per heavy atom. The van der Waals surface area contributed by atoms with Crippen LogP contribution in [-0.2, 0) is 4.74 Å². The summed E-state index contributed by atoms with van der Waals surface area (Å²) in [4.78, 5) is 16.2. The quantitative estimate of drug-likeness (QED) is 0.758. The number of hydrogen-bond donors (Lipinski definition) is 2. The second-order valence-electron chi connectivity index (χ2n) is 5.35. The lowest BCUT2D eigenvalue weighted by Crippen LogP contribution is -2.29. The van der Waals surface area contributed by atoms with Gasteiger partial charge in [0.2, 0.25) is 0 Å². The number of ether oxygens (including phenoxy) is 1. The molecule has 0 spiro atoms. The molecule has 1 saturated carbocycles. The molecule has 21 heavy (non-hydrogen) atoms. The molecule has 0 bridgehead atoms. The molecule has 1 fully saturated rings. The first-order valence-electron chi connectivity index (χ1n) is 7.89. The van der Waals surface area contributed by atoms with E-state index in [0.29, 0.717) is 24.8 Å². The van der Waals surface area contributed by atoms with Gasteiger partial charge in [-0.3, -0.25) is 4.79 Å². The van der Waals surface area contributed by atoms with E-state index < -0.39 is 0 Å². The second kappa shape index (κ2) is 8.62. The van der Waals surface area contributed by atoms with Crippen molar-refractivity contribution in [3.05, 3.63) is 23.9 Å². The van der Waals surface area contributed by atoms with Crippen LogP contribution >= 0.6 is 0 Å². The number of pyridine rings is 1. The van der Waals surface area contributed by atoms with Crippen molar-refractivity contribution < 1.29 is 9.53 Å². The Balaban J connectivity index is 1.70. The molecule has 1 aliphatic carbocycles. The highest BCUT2D eigenvalue weighted by atomic mass is 16.5. The predicted molar refractivity (Wildman–Crippen MR) is 83.6 cm³/mol. The van der Waals surface area contributed by atoms with E-state index in [1.165, 1.54) is 19.3 Å². The normalized spacial score (nSPS) is 15.7. The highest BCUT2D eigenvalue weighted by Crippen LogP contribution is 2.19. The van der Waals surface area contributed by atoms with Crippen LogP contribution in [0.25, 0.3) is 0 Å². The molecule has 1 heterocycles. The van der Waals surface area contributed by atoms with E-state index in [1.807, 2.05) is 6.92 Å². The third kappa shape index (κ3) is 5.34. The number of rotatable bonds is 7. The molecule has 0 aliphatic heterocycles. The fraction of sp³-hybridized carbons (Fsp3) is 0.625. The smallest absolute Gasteiger partial charge is 0.251 e. The van der Waals surface area contributed by atoms with Crippen molar-refractivity contribution in [2.24, 2.45) is 0 Å². The summed E-state index contributed by atoms with van der Waals surface area (Å²) in [5.74, 6) is 0.646. The molecule has 0 unspecified atom stereocenters. The average Bonchev–Trinajstić information content (AvgIpc) is 2.53. The fourth-order valence-corrected chi connectivity index (χ4v) is 2.57. The van der Waals surface area contributed by atoms with Crippen LogP contribution in [0.1, 0.15) is 49.4 Å². The number of carbonyl (C=O) groups is 1. The summed E-state index contributed by atoms with van der Waals surface area (Å²) < 4.78 is 5.79. The van der Waals surface area contributed by atoms with Crippen LogP contribution in [0, 0.1) is 0 Å². The van der Waals surface area contributed by atoms with Crippen LogP contribution < -0.4 is 10.6 Å². The molecule has 5 heteroatoms. The highest BCUT2D eigenvalue weighted by Gasteiger charge is 2.13. The standard InChI is InChI=1S/C16H25N3O2/c1-2-17-15-12-13(8-9-18-15)16(20)19-10-11-21-14-6-4-3-5-7-14/h8-9,12,14H,2-7,10-11H2,1H3,(H,17,18)(H,19,20). The van der Waals surface area contributed by atoms with Crippen molar-refractivity contribution in [1.82, 2.24) is 10.3 Å². The third-order valence-electron chi connectivity index (χ3n) is 3.67. The Kier molecular flexibility index (Phi) is 6.47. The summed E-state index contributed by atoms with van der Waals surface area (Å²) in [5, 5.41) is 5.99. The summed E-state index contributed by atoms with van der Waals surface area (Å²) in [5.41, 5.74) is 0.624. The van der Waals surface area contributed by atoms with E-state index in [9.17, 15) is 4.79 Å². The van der Waals surface area contributed by atoms with Crippen LogP contribution in [0.15, 0.2) is 18.3 Å². The van der Waals surface area contributed by atoms with E-state index in [4.69, 9.17) is 4.74 Å². The molecule has 1 aromatic rings. The molecule has 0 aromatic carbocycles. The molecule has 2 rings (SSSR count). The van der Waals surface area contributed by atoms with Gasteiger partial charge in [-0.15, -0.1) is 0 Å². The number of carbonyl (C=O) groups excluding carboxylic acids is 1. The predicted octanol–water partition coefficient (Wildman–Crippen LogP) is 2.59. The van der Waals surface area contributed by atoms with Gasteiger partial charge < -0.3 is 15.4 Å². The van der Waals surface area contributed by atoms with E-state index in [1.54, 1.807) is 18.3 Å². The molecule has 2 N–H and O–H groups in total. The molecule has 1 aliphatic rings. The maximum atomic E-state index is 12.0. The summed E-state index contributed by atoms with van der Waals surface area (Å²) in [6.07, 6.45) is 8.20. The topological polar surface area (TPSA) is 63.2 Å². The lowest BCUT2D eigenvalue weighted by Gasteiger charge is -2.22. The lowest BCUT2D eigenvalue weighted by atomic mass is 9.98. The van der Waals surface area contributed by atoms with Crippen LogP contribution in [0.2, 0.25) is 0 Å². The molecule has 0 atom stereocenters. The Morgan fingerprint density at radius 3 is 2.95 bits per heavy atom. The zero-order chi connectivity index (χ0) is 14.9. The third-order valence-corrected chi connectivity index (χ3v) is 3.67. The first-order valence-corrected chi connectivity index (χ1v) is 7.89. The number of amides is 1. The first kappa shape index (κ1) is 15.8. The molecule has 5 nitrogen and oxygen atoms in total. The van der Waals surface area contributed by atoms with Gasteiger partial charge in [-0.2, -0.15) is 0 Å². The van der Waals surface area contributed by atoms with E-state index in [2.05, 4.69) is 15.6 Å². The lowest BCUT2D eigenvalue weighted by molar-refractivity contribution is 0.0299. The van der Waals surface area contributed by atoms with Crippen molar-refractivity contribution in [3.63, 3.8) is 0 Å². The van der Waals surface area contributed by atoms with Crippen molar-refractivity contribution in [1.29, 1.82) is 0 Å². The first-order chi connectivity index (χ1) is 10.3. The van der Waals surface area contributed by atoms with Crippen molar-refractivity contribution in [2.45, 2.75) is 45.1 Å². The Labute approximate surface area is 126 Å². The SMILES string of the molecule is CCNc1cc(C(=O)NCCOC2CCCCC2)ccn1. The molecule has 1 amide bonds. The van der Waals surface area contributed by atoms with Gasteiger partial charge in [0, 0.05) is 24.8 Å². The second-order valence-corrected chi connectivity index (χ2v) is 5.35. The maximum absolute atomic E-state index is 12.0.